The van der Waals surface area contributed by atoms with E-state index in [-0.39, 0.29) is 31.3 Å². The summed E-state index contributed by atoms with van der Waals surface area (Å²) in [5.41, 5.74) is 0. The number of nitrogens with one attached hydrogen (secondary N) is 1. The maximum absolute atomic E-state index is 13.2. The molecule has 0 saturated heterocycles. The van der Waals surface area contributed by atoms with Crippen molar-refractivity contribution in [3.63, 3.8) is 0 Å². The van der Waals surface area contributed by atoms with E-state index in [2.05, 4.69) is 129 Å². The minimum absolute atomic E-state index is 0.0275. The summed E-state index contributed by atoms with van der Waals surface area (Å²) in [4.78, 5) is 26.2. The van der Waals surface area contributed by atoms with E-state index in [1.54, 1.807) is 0 Å². The van der Waals surface area contributed by atoms with Gasteiger partial charge in [0.2, 0.25) is 5.91 Å². The number of aliphatic hydroxyl groups excluding tert-OH is 2. The highest BCUT2D eigenvalue weighted by molar-refractivity contribution is 5.77. The fourth-order valence-corrected chi connectivity index (χ4v) is 7.81. The molecule has 6 nitrogen and oxygen atoms in total. The van der Waals surface area contributed by atoms with Crippen molar-refractivity contribution >= 4 is 11.9 Å². The van der Waals surface area contributed by atoms with Crippen molar-refractivity contribution in [3.8, 4) is 0 Å². The molecule has 0 aliphatic rings. The first-order chi connectivity index (χ1) is 33.0. The van der Waals surface area contributed by atoms with Crippen molar-refractivity contribution in [1.82, 2.24) is 5.32 Å². The lowest BCUT2D eigenvalue weighted by Gasteiger charge is -2.24. The minimum Gasteiger partial charge on any atom is -0.462 e. The van der Waals surface area contributed by atoms with Crippen molar-refractivity contribution in [2.45, 2.75) is 257 Å². The predicted octanol–water partition coefficient (Wildman–Crippen LogP) is 17.1. The summed E-state index contributed by atoms with van der Waals surface area (Å²) >= 11 is 0. The third kappa shape index (κ3) is 48.8. The van der Waals surface area contributed by atoms with Crippen LogP contribution in [0.15, 0.2) is 109 Å². The third-order valence-electron chi connectivity index (χ3n) is 11.9. The smallest absolute Gasteiger partial charge is 0.306 e. The Labute approximate surface area is 413 Å². The first-order valence-corrected chi connectivity index (χ1v) is 27.6. The molecule has 0 saturated carbocycles. The van der Waals surface area contributed by atoms with Gasteiger partial charge in [0.1, 0.15) is 6.10 Å². The molecule has 3 N–H and O–H groups in total. The molecule has 1 amide bonds. The van der Waals surface area contributed by atoms with Crippen LogP contribution in [-0.2, 0) is 14.3 Å². The monoisotopic (exact) mass is 930 g/mol. The predicted molar refractivity (Wildman–Crippen MR) is 291 cm³/mol. The van der Waals surface area contributed by atoms with Gasteiger partial charge in [0, 0.05) is 6.42 Å². The van der Waals surface area contributed by atoms with Gasteiger partial charge in [-0.25, -0.2) is 0 Å². The average Bonchev–Trinajstić information content (AvgIpc) is 3.32. The molecule has 0 radical (unpaired) electrons. The SMILES string of the molecule is CC/C=C\C/C=C\C/C=C\C/C=C\C/C=C\C/C=C\CCC(=O)OC(CCCCCCC/C=C/C=C/C=C/CC)CC(=O)NC(CO)C(O)CCCCCCCCCCCCCCCCCC. The number of ether oxygens (including phenoxy) is 1. The van der Waals surface area contributed by atoms with Crippen LogP contribution in [0, 0.1) is 0 Å². The lowest BCUT2D eigenvalue weighted by molar-refractivity contribution is -0.150. The van der Waals surface area contributed by atoms with Crippen LogP contribution >= 0.6 is 0 Å². The van der Waals surface area contributed by atoms with Gasteiger partial charge >= 0.3 is 5.97 Å². The molecular weight excluding hydrogens is 827 g/mol. The van der Waals surface area contributed by atoms with E-state index < -0.39 is 18.2 Å². The zero-order chi connectivity index (χ0) is 48.8. The molecule has 0 rings (SSSR count). The molecule has 0 fully saturated rings. The molecule has 0 bridgehead atoms. The molecule has 382 valence electrons. The van der Waals surface area contributed by atoms with E-state index in [1.165, 1.54) is 83.5 Å². The topological polar surface area (TPSA) is 95.9 Å². The van der Waals surface area contributed by atoms with Gasteiger partial charge in [-0.3, -0.25) is 9.59 Å². The Balaban J connectivity index is 4.68. The van der Waals surface area contributed by atoms with Gasteiger partial charge in [0.05, 0.1) is 25.2 Å². The fraction of sp³-hybridized carbons (Fsp3) is 0.672. The van der Waals surface area contributed by atoms with Crippen molar-refractivity contribution < 1.29 is 24.5 Å². The molecule has 0 spiro atoms. The van der Waals surface area contributed by atoms with E-state index in [1.807, 2.05) is 6.08 Å². The standard InChI is InChI=1S/C61H103NO5/c1-4-7-10-13-16-19-22-25-27-29-30-31-33-36-39-42-45-48-51-54-61(66)67-57(52-49-46-43-40-37-34-24-21-18-15-12-9-6-3)55-60(65)62-58(56-63)59(64)53-50-47-44-41-38-35-32-28-26-23-20-17-14-11-8-5-2/h7,9-10,12,15-16,18-19,21,24-25,27,30-31,36,39,45,48,57-59,63-64H,4-6,8,11,13-14,17,20,22-23,26,28-29,32-35,37-38,40-44,46-47,49-56H2,1-3H3,(H,62,65)/b10-7-,12-9+,18-15+,19-16-,24-21+,27-25-,31-30-,39-36-,48-45-. The Bertz CT molecular complexity index is 1370. The number of hydrogen-bond donors (Lipinski definition) is 3. The van der Waals surface area contributed by atoms with Crippen LogP contribution in [0.1, 0.15) is 239 Å². The Hall–Kier alpha value is -3.48. The number of allylic oxidation sites excluding steroid dienone is 18. The fourth-order valence-electron chi connectivity index (χ4n) is 7.81. The molecule has 3 atom stereocenters. The van der Waals surface area contributed by atoms with Gasteiger partial charge in [0.15, 0.2) is 0 Å². The average molecular weight is 930 g/mol. The number of rotatable bonds is 48. The lowest BCUT2D eigenvalue weighted by Crippen LogP contribution is -2.46. The summed E-state index contributed by atoms with van der Waals surface area (Å²) in [6, 6.07) is -0.731. The number of carbonyl (C=O) groups is 2. The maximum Gasteiger partial charge on any atom is 0.306 e. The van der Waals surface area contributed by atoms with E-state index in [9.17, 15) is 19.8 Å². The summed E-state index contributed by atoms with van der Waals surface area (Å²) in [5.74, 6) is -0.601. The van der Waals surface area contributed by atoms with Crippen LogP contribution in [0.25, 0.3) is 0 Å². The van der Waals surface area contributed by atoms with Gasteiger partial charge in [-0.2, -0.15) is 0 Å². The second-order valence-electron chi connectivity index (χ2n) is 18.3. The summed E-state index contributed by atoms with van der Waals surface area (Å²) in [5, 5.41) is 23.8. The van der Waals surface area contributed by atoms with E-state index in [0.717, 1.165) is 103 Å². The van der Waals surface area contributed by atoms with Crippen molar-refractivity contribution in [1.29, 1.82) is 0 Å². The highest BCUT2D eigenvalue weighted by Crippen LogP contribution is 2.17. The summed E-state index contributed by atoms with van der Waals surface area (Å²) in [7, 11) is 0. The van der Waals surface area contributed by atoms with Gasteiger partial charge < -0.3 is 20.3 Å². The number of unbranched alkanes of at least 4 members (excludes halogenated alkanes) is 20. The molecule has 0 aromatic rings. The lowest BCUT2D eigenvalue weighted by atomic mass is 10.0. The number of esters is 1. The number of amides is 1. The van der Waals surface area contributed by atoms with Gasteiger partial charge in [-0.1, -0.05) is 252 Å². The molecule has 0 aliphatic heterocycles. The zero-order valence-electron chi connectivity index (χ0n) is 43.5. The molecule has 0 heterocycles. The Morgan fingerprint density at radius 3 is 1.36 bits per heavy atom. The summed E-state index contributed by atoms with van der Waals surface area (Å²) in [6.45, 7) is 6.22. The second-order valence-corrected chi connectivity index (χ2v) is 18.3. The quantitative estimate of drug-likeness (QED) is 0.0244. The van der Waals surface area contributed by atoms with Crippen LogP contribution in [0.3, 0.4) is 0 Å². The summed E-state index contributed by atoms with van der Waals surface area (Å²) < 4.78 is 5.89. The molecular formula is C61H103NO5. The first-order valence-electron chi connectivity index (χ1n) is 27.6. The van der Waals surface area contributed by atoms with Crippen molar-refractivity contribution in [2.24, 2.45) is 0 Å². The normalized spacial score (nSPS) is 14.0. The van der Waals surface area contributed by atoms with E-state index in [4.69, 9.17) is 4.74 Å². The molecule has 67 heavy (non-hydrogen) atoms. The Morgan fingerprint density at radius 2 is 0.881 bits per heavy atom. The van der Waals surface area contributed by atoms with Crippen LogP contribution in [0.5, 0.6) is 0 Å². The van der Waals surface area contributed by atoms with Gasteiger partial charge in [-0.15, -0.1) is 0 Å². The highest BCUT2D eigenvalue weighted by Gasteiger charge is 2.24. The Kier molecular flexibility index (Phi) is 50.7. The van der Waals surface area contributed by atoms with Crippen LogP contribution < -0.4 is 5.32 Å². The summed E-state index contributed by atoms with van der Waals surface area (Å²) in [6.07, 6.45) is 73.0. The molecule has 0 aliphatic carbocycles. The largest absolute Gasteiger partial charge is 0.462 e. The van der Waals surface area contributed by atoms with E-state index in [0.29, 0.717) is 19.3 Å². The van der Waals surface area contributed by atoms with Crippen molar-refractivity contribution in [2.75, 3.05) is 6.61 Å². The number of aliphatic hydroxyl groups is 2. The Morgan fingerprint density at radius 1 is 0.463 bits per heavy atom. The van der Waals surface area contributed by atoms with Crippen LogP contribution in [0.4, 0.5) is 0 Å². The van der Waals surface area contributed by atoms with E-state index >= 15 is 0 Å². The van der Waals surface area contributed by atoms with Crippen molar-refractivity contribution in [3.05, 3.63) is 109 Å². The molecule has 6 heteroatoms. The van der Waals surface area contributed by atoms with Crippen LogP contribution in [0.2, 0.25) is 0 Å². The number of hydrogen-bond acceptors (Lipinski definition) is 5. The molecule has 3 unspecified atom stereocenters. The number of carbonyl (C=O) groups excluding carboxylic acids is 2. The maximum atomic E-state index is 13.2. The first kappa shape index (κ1) is 63.5. The third-order valence-corrected chi connectivity index (χ3v) is 11.9. The zero-order valence-corrected chi connectivity index (χ0v) is 43.5. The molecule has 0 aromatic heterocycles. The second kappa shape index (κ2) is 53.5. The highest BCUT2D eigenvalue weighted by atomic mass is 16.5. The van der Waals surface area contributed by atoms with Crippen LogP contribution in [-0.4, -0.2) is 46.9 Å². The molecule has 0 aromatic carbocycles. The van der Waals surface area contributed by atoms with Gasteiger partial charge in [-0.05, 0) is 83.5 Å². The van der Waals surface area contributed by atoms with Gasteiger partial charge in [0.25, 0.3) is 0 Å². The minimum atomic E-state index is -0.813.